The molecule has 1 aromatic carbocycles. The van der Waals surface area contributed by atoms with Gasteiger partial charge in [-0.05, 0) is 38.0 Å². The van der Waals surface area contributed by atoms with Crippen molar-refractivity contribution < 1.29 is 14.3 Å². The van der Waals surface area contributed by atoms with E-state index in [0.29, 0.717) is 12.2 Å². The maximum atomic E-state index is 12.0. The van der Waals surface area contributed by atoms with Gasteiger partial charge < -0.3 is 9.47 Å². The molecule has 0 heterocycles. The van der Waals surface area contributed by atoms with Gasteiger partial charge in [-0.25, -0.2) is 4.79 Å². The number of methoxy groups -OCH3 is 1. The highest BCUT2D eigenvalue weighted by Crippen LogP contribution is 2.44. The second kappa shape index (κ2) is 5.31. The van der Waals surface area contributed by atoms with Gasteiger partial charge in [0.25, 0.3) is 0 Å². The molecule has 0 unspecified atom stereocenters. The smallest absolute Gasteiger partial charge is 0.339 e. The van der Waals surface area contributed by atoms with Gasteiger partial charge in [0.1, 0.15) is 5.75 Å². The lowest BCUT2D eigenvalue weighted by molar-refractivity contribution is -0.138. The number of rotatable bonds is 4. The van der Waals surface area contributed by atoms with E-state index in [0.717, 1.165) is 28.0 Å². The summed E-state index contributed by atoms with van der Waals surface area (Å²) in [6.45, 7) is 6.15. The number of allylic oxidation sites excluding steroid dienone is 2. The Hall–Kier alpha value is -2.03. The molecule has 0 spiro atoms. The highest BCUT2D eigenvalue weighted by molar-refractivity contribution is 6.12. The number of hydrogen-bond donors (Lipinski definition) is 0. The molecule has 0 saturated carbocycles. The molecule has 100 valence electrons. The molecule has 2 rings (SSSR count). The highest BCUT2D eigenvalue weighted by atomic mass is 16.5. The molecule has 0 bridgehead atoms. The summed E-state index contributed by atoms with van der Waals surface area (Å²) in [5, 5.41) is 0. The van der Waals surface area contributed by atoms with E-state index < -0.39 is 0 Å². The average molecular weight is 258 g/mol. The molecule has 0 saturated heterocycles. The number of ether oxygens (including phenoxy) is 2. The first kappa shape index (κ1) is 13.4. The maximum absolute atomic E-state index is 12.0. The number of carbonyl (C=O) groups is 1. The molecule has 0 radical (unpaired) electrons. The third-order valence-corrected chi connectivity index (χ3v) is 3.42. The monoisotopic (exact) mass is 258 g/mol. The Kier molecular flexibility index (Phi) is 3.74. The van der Waals surface area contributed by atoms with Gasteiger partial charge in [-0.2, -0.15) is 0 Å². The first-order valence-electron chi connectivity index (χ1n) is 6.34. The zero-order valence-electron chi connectivity index (χ0n) is 11.7. The van der Waals surface area contributed by atoms with Gasteiger partial charge in [-0.3, -0.25) is 0 Å². The molecule has 0 aliphatic heterocycles. The Morgan fingerprint density at radius 1 is 1.16 bits per heavy atom. The molecule has 3 nitrogen and oxygen atoms in total. The van der Waals surface area contributed by atoms with Gasteiger partial charge in [-0.1, -0.05) is 18.2 Å². The molecule has 1 aliphatic rings. The van der Waals surface area contributed by atoms with Crippen LogP contribution in [-0.4, -0.2) is 19.7 Å². The van der Waals surface area contributed by atoms with Crippen LogP contribution in [0.3, 0.4) is 0 Å². The summed E-state index contributed by atoms with van der Waals surface area (Å²) in [5.74, 6) is 0.512. The van der Waals surface area contributed by atoms with Crippen molar-refractivity contribution >= 4 is 11.5 Å². The van der Waals surface area contributed by atoms with Crippen LogP contribution < -0.4 is 4.74 Å². The summed E-state index contributed by atoms with van der Waals surface area (Å²) in [6, 6.07) is 7.71. The van der Waals surface area contributed by atoms with E-state index in [1.54, 1.807) is 7.11 Å². The topological polar surface area (TPSA) is 35.5 Å². The maximum Gasteiger partial charge on any atom is 0.339 e. The lowest BCUT2D eigenvalue weighted by Gasteiger charge is -2.27. The minimum absolute atomic E-state index is 0.258. The van der Waals surface area contributed by atoms with Crippen molar-refractivity contribution in [2.75, 3.05) is 13.7 Å². The zero-order valence-corrected chi connectivity index (χ0v) is 11.7. The molecular weight excluding hydrogens is 240 g/mol. The summed E-state index contributed by atoms with van der Waals surface area (Å²) in [6.07, 6.45) is 0. The van der Waals surface area contributed by atoms with Gasteiger partial charge in [0.05, 0.1) is 19.3 Å². The fourth-order valence-electron chi connectivity index (χ4n) is 2.33. The second-order valence-corrected chi connectivity index (χ2v) is 4.42. The van der Waals surface area contributed by atoms with E-state index >= 15 is 0 Å². The van der Waals surface area contributed by atoms with Gasteiger partial charge in [0.15, 0.2) is 0 Å². The molecule has 1 aromatic rings. The molecule has 0 atom stereocenters. The summed E-state index contributed by atoms with van der Waals surface area (Å²) in [5.41, 5.74) is 4.67. The molecule has 19 heavy (non-hydrogen) atoms. The number of benzene rings is 1. The van der Waals surface area contributed by atoms with E-state index in [9.17, 15) is 4.79 Å². The van der Waals surface area contributed by atoms with Crippen molar-refractivity contribution in [3.8, 4) is 5.75 Å². The Balaban J connectivity index is 2.49. The van der Waals surface area contributed by atoms with Crippen molar-refractivity contribution in [1.29, 1.82) is 0 Å². The Labute approximate surface area is 113 Å². The first-order chi connectivity index (χ1) is 9.11. The average Bonchev–Trinajstić information content (AvgIpc) is 2.43. The van der Waals surface area contributed by atoms with Crippen LogP contribution in [0.5, 0.6) is 5.75 Å². The van der Waals surface area contributed by atoms with Gasteiger partial charge in [0.2, 0.25) is 0 Å². The van der Waals surface area contributed by atoms with Crippen LogP contribution in [0, 0.1) is 0 Å². The number of hydrogen-bond acceptors (Lipinski definition) is 3. The third-order valence-electron chi connectivity index (χ3n) is 3.42. The second-order valence-electron chi connectivity index (χ2n) is 4.42. The van der Waals surface area contributed by atoms with Crippen LogP contribution in [0.15, 0.2) is 41.0 Å². The number of carbonyl (C=O) groups excluding carboxylic acids is 1. The van der Waals surface area contributed by atoms with Gasteiger partial charge >= 0.3 is 5.97 Å². The van der Waals surface area contributed by atoms with Crippen LogP contribution in [0.2, 0.25) is 0 Å². The molecule has 0 N–H and O–H groups in total. The Morgan fingerprint density at radius 2 is 1.84 bits per heavy atom. The predicted molar refractivity (Wildman–Crippen MR) is 74.9 cm³/mol. The molecule has 3 heteroatoms. The van der Waals surface area contributed by atoms with E-state index in [1.165, 1.54) is 0 Å². The van der Waals surface area contributed by atoms with Crippen molar-refractivity contribution in [3.63, 3.8) is 0 Å². The molecular formula is C16H18O3. The van der Waals surface area contributed by atoms with Crippen molar-refractivity contribution in [2.45, 2.75) is 20.8 Å². The summed E-state index contributed by atoms with van der Waals surface area (Å²) in [4.78, 5) is 12.0. The highest BCUT2D eigenvalue weighted by Gasteiger charge is 2.31. The molecule has 0 fully saturated rings. The lowest BCUT2D eigenvalue weighted by Crippen LogP contribution is -2.19. The van der Waals surface area contributed by atoms with Crippen molar-refractivity contribution in [2.24, 2.45) is 0 Å². The number of esters is 1. The summed E-state index contributed by atoms with van der Waals surface area (Å²) in [7, 11) is 1.63. The van der Waals surface area contributed by atoms with Crippen LogP contribution >= 0.6 is 0 Å². The lowest BCUT2D eigenvalue weighted by atomic mass is 9.78. The molecule has 0 aromatic heterocycles. The SMILES string of the molecule is CCOC(=O)C1=C(c2ccccc2OC)C(C)=C1C. The van der Waals surface area contributed by atoms with E-state index in [2.05, 4.69) is 0 Å². The standard InChI is InChI=1S/C16H18O3/c1-5-19-16(17)15-11(3)10(2)14(15)12-8-6-7-9-13(12)18-4/h6-9H,5H2,1-4H3. The van der Waals surface area contributed by atoms with Crippen molar-refractivity contribution in [3.05, 3.63) is 46.5 Å². The minimum Gasteiger partial charge on any atom is -0.496 e. The fraction of sp³-hybridized carbons (Fsp3) is 0.312. The summed E-state index contributed by atoms with van der Waals surface area (Å²) < 4.78 is 10.5. The van der Waals surface area contributed by atoms with Crippen LogP contribution in [-0.2, 0) is 9.53 Å². The van der Waals surface area contributed by atoms with Crippen LogP contribution in [0.4, 0.5) is 0 Å². The first-order valence-corrected chi connectivity index (χ1v) is 6.34. The zero-order chi connectivity index (χ0) is 14.0. The van der Waals surface area contributed by atoms with E-state index in [4.69, 9.17) is 9.47 Å². The van der Waals surface area contributed by atoms with E-state index in [1.807, 2.05) is 45.0 Å². The largest absolute Gasteiger partial charge is 0.496 e. The van der Waals surface area contributed by atoms with Crippen LogP contribution in [0.25, 0.3) is 5.57 Å². The predicted octanol–water partition coefficient (Wildman–Crippen LogP) is 3.36. The molecule has 1 aliphatic carbocycles. The minimum atomic E-state index is -0.258. The number of para-hydroxylation sites is 1. The Morgan fingerprint density at radius 3 is 2.47 bits per heavy atom. The normalized spacial score (nSPS) is 14.3. The summed E-state index contributed by atoms with van der Waals surface area (Å²) >= 11 is 0. The van der Waals surface area contributed by atoms with Gasteiger partial charge in [-0.15, -0.1) is 0 Å². The molecule has 0 amide bonds. The quantitative estimate of drug-likeness (QED) is 0.777. The van der Waals surface area contributed by atoms with Gasteiger partial charge in [0, 0.05) is 11.1 Å². The van der Waals surface area contributed by atoms with E-state index in [-0.39, 0.29) is 5.97 Å². The fourth-order valence-corrected chi connectivity index (χ4v) is 2.33. The Bertz CT molecular complexity index is 579. The third kappa shape index (κ3) is 2.16. The van der Waals surface area contributed by atoms with Crippen LogP contribution in [0.1, 0.15) is 26.3 Å². The van der Waals surface area contributed by atoms with Crippen molar-refractivity contribution in [1.82, 2.24) is 0 Å².